The molecule has 1 aliphatic rings. The Labute approximate surface area is 225 Å². The molecule has 0 spiro atoms. The summed E-state index contributed by atoms with van der Waals surface area (Å²) in [6.07, 6.45) is 4.31. The van der Waals surface area contributed by atoms with Crippen LogP contribution in [0, 0.1) is 12.8 Å². The van der Waals surface area contributed by atoms with Gasteiger partial charge in [0, 0.05) is 48.1 Å². The third-order valence-electron chi connectivity index (χ3n) is 7.41. The normalized spacial score (nSPS) is 17.4. The van der Waals surface area contributed by atoms with Crippen molar-refractivity contribution in [2.45, 2.75) is 30.6 Å². The fourth-order valence-electron chi connectivity index (χ4n) is 5.74. The van der Waals surface area contributed by atoms with E-state index in [1.54, 1.807) is 25.4 Å². The predicted octanol–water partition coefficient (Wildman–Crippen LogP) is 4.30. The molecule has 0 saturated carbocycles. The highest BCUT2D eigenvalue weighted by Gasteiger charge is 2.32. The molecule has 196 valence electrons. The molecule has 10 heteroatoms. The number of rotatable bonds is 5. The molecular formula is C28H30N6O3S. The fraction of sp³-hybridized carbons (Fsp3) is 0.321. The minimum absolute atomic E-state index is 0.124. The van der Waals surface area contributed by atoms with Gasteiger partial charge >= 0.3 is 0 Å². The number of nitrogens with zero attached hydrogens (tertiary/aromatic N) is 5. The molecule has 0 radical (unpaired) electrons. The lowest BCUT2D eigenvalue weighted by molar-refractivity contribution is 0.0552. The van der Waals surface area contributed by atoms with Crippen molar-refractivity contribution in [3.8, 4) is 11.3 Å². The molecule has 6 rings (SSSR count). The summed E-state index contributed by atoms with van der Waals surface area (Å²) >= 11 is 0. The molecule has 5 aromatic rings. The molecule has 38 heavy (non-hydrogen) atoms. The molecule has 0 aliphatic carbocycles. The summed E-state index contributed by atoms with van der Waals surface area (Å²) in [4.78, 5) is 4.93. The Morgan fingerprint density at radius 3 is 2.63 bits per heavy atom. The van der Waals surface area contributed by atoms with E-state index in [-0.39, 0.29) is 22.5 Å². The van der Waals surface area contributed by atoms with E-state index in [4.69, 9.17) is 19.6 Å². The summed E-state index contributed by atoms with van der Waals surface area (Å²) in [5.74, 6) is 0.124. The lowest BCUT2D eigenvalue weighted by Gasteiger charge is -2.33. The number of hydrogen-bond donors (Lipinski definition) is 1. The van der Waals surface area contributed by atoms with Gasteiger partial charge in [-0.3, -0.25) is 4.98 Å². The van der Waals surface area contributed by atoms with Gasteiger partial charge in [-0.05, 0) is 49.4 Å². The van der Waals surface area contributed by atoms with Gasteiger partial charge < -0.3 is 15.0 Å². The van der Waals surface area contributed by atoms with Crippen molar-refractivity contribution >= 4 is 37.5 Å². The Morgan fingerprint density at radius 1 is 1.16 bits per heavy atom. The molecule has 1 aliphatic heterocycles. The van der Waals surface area contributed by atoms with Crippen LogP contribution in [0.2, 0.25) is 0 Å². The molecular weight excluding hydrogens is 500 g/mol. The molecule has 1 atom stereocenters. The first-order chi connectivity index (χ1) is 19.5. The van der Waals surface area contributed by atoms with E-state index in [0.717, 1.165) is 18.4 Å². The largest absolute Gasteiger partial charge is 0.398 e. The van der Waals surface area contributed by atoms with Crippen LogP contribution in [0.3, 0.4) is 0 Å². The Balaban J connectivity index is 1.77. The van der Waals surface area contributed by atoms with E-state index < -0.39 is 16.7 Å². The van der Waals surface area contributed by atoms with Crippen LogP contribution in [-0.4, -0.2) is 52.4 Å². The van der Waals surface area contributed by atoms with Gasteiger partial charge in [-0.25, -0.2) is 13.1 Å². The second-order valence-electron chi connectivity index (χ2n) is 9.83. The van der Waals surface area contributed by atoms with Crippen LogP contribution >= 0.6 is 0 Å². The summed E-state index contributed by atoms with van der Waals surface area (Å²) in [5, 5.41) is 8.45. The van der Waals surface area contributed by atoms with Crippen molar-refractivity contribution in [2.24, 2.45) is 13.0 Å². The van der Waals surface area contributed by atoms with Crippen molar-refractivity contribution in [3.05, 3.63) is 66.0 Å². The number of anilines is 1. The number of benzene rings is 2. The highest BCUT2D eigenvalue weighted by Crippen LogP contribution is 2.44. The number of aryl methyl sites for hydroxylation is 2. The van der Waals surface area contributed by atoms with Gasteiger partial charge in [-0.15, -0.1) is 5.10 Å². The molecule has 3 aromatic heterocycles. The number of nitrogens with two attached hydrogens (primary N) is 1. The maximum Gasteiger partial charge on any atom is 0.177 e. The quantitative estimate of drug-likeness (QED) is 0.335. The van der Waals surface area contributed by atoms with Gasteiger partial charge in [0.05, 0.1) is 44.3 Å². The van der Waals surface area contributed by atoms with Crippen molar-refractivity contribution in [2.75, 3.05) is 25.2 Å². The number of aromatic nitrogens is 5. The lowest BCUT2D eigenvalue weighted by Crippen LogP contribution is -2.27. The molecule has 4 heterocycles. The zero-order valence-corrected chi connectivity index (χ0v) is 21.9. The van der Waals surface area contributed by atoms with Crippen LogP contribution < -0.4 is 5.73 Å². The van der Waals surface area contributed by atoms with Crippen LogP contribution in [-0.2, 0) is 21.6 Å². The number of pyridine rings is 1. The zero-order chi connectivity index (χ0) is 29.1. The molecule has 0 amide bonds. The number of sulfone groups is 1. The molecule has 0 bridgehead atoms. The summed E-state index contributed by atoms with van der Waals surface area (Å²) in [6, 6.07) is 14.7. The number of fused-ring (bicyclic) bond motifs is 3. The summed E-state index contributed by atoms with van der Waals surface area (Å²) in [6.45, 7) is -1.30. The Kier molecular flexibility index (Phi) is 5.14. The Morgan fingerprint density at radius 2 is 1.92 bits per heavy atom. The average molecular weight is 534 g/mol. The maximum absolute atomic E-state index is 13.2. The highest BCUT2D eigenvalue weighted by molar-refractivity contribution is 7.91. The first-order valence-electron chi connectivity index (χ1n) is 13.9. The average Bonchev–Trinajstić information content (AvgIpc) is 3.48. The van der Waals surface area contributed by atoms with Crippen molar-refractivity contribution in [3.63, 3.8) is 0 Å². The van der Waals surface area contributed by atoms with Crippen LogP contribution in [0.1, 0.15) is 34.3 Å². The number of nitrogen functional groups attached to an aromatic ring is 1. The minimum atomic E-state index is -3.68. The maximum atomic E-state index is 13.2. The molecule has 1 fully saturated rings. The monoisotopic (exact) mass is 533 g/mol. The van der Waals surface area contributed by atoms with Gasteiger partial charge in [0.1, 0.15) is 0 Å². The first kappa shape index (κ1) is 21.2. The van der Waals surface area contributed by atoms with Crippen LogP contribution in [0.25, 0.3) is 33.2 Å². The topological polar surface area (TPSA) is 118 Å². The summed E-state index contributed by atoms with van der Waals surface area (Å²) in [7, 11) is -2.05. The van der Waals surface area contributed by atoms with Gasteiger partial charge in [0.25, 0.3) is 0 Å². The Hall–Kier alpha value is -3.76. The van der Waals surface area contributed by atoms with Gasteiger partial charge in [0.15, 0.2) is 9.84 Å². The van der Waals surface area contributed by atoms with Crippen molar-refractivity contribution in [1.29, 1.82) is 0 Å². The van der Waals surface area contributed by atoms with E-state index in [9.17, 15) is 8.42 Å². The highest BCUT2D eigenvalue weighted by atomic mass is 32.2. The van der Waals surface area contributed by atoms with E-state index in [2.05, 4.69) is 10.3 Å². The van der Waals surface area contributed by atoms with E-state index in [1.807, 2.05) is 41.0 Å². The molecule has 2 N–H and O–H groups in total. The minimum Gasteiger partial charge on any atom is -0.398 e. The zero-order valence-electron chi connectivity index (χ0n) is 24.1. The fourth-order valence-corrected chi connectivity index (χ4v) is 6.60. The third-order valence-corrected chi connectivity index (χ3v) is 8.54. The second-order valence-corrected chi connectivity index (χ2v) is 11.8. The number of hydrogen-bond acceptors (Lipinski definition) is 7. The third kappa shape index (κ3) is 3.95. The van der Waals surface area contributed by atoms with E-state index in [0.29, 0.717) is 52.1 Å². The molecule has 1 saturated heterocycles. The first-order valence-corrected chi connectivity index (χ1v) is 14.3. The van der Waals surface area contributed by atoms with Gasteiger partial charge in [-0.2, -0.15) is 0 Å². The smallest absolute Gasteiger partial charge is 0.177 e. The number of ether oxygens (including phenoxy) is 1. The van der Waals surface area contributed by atoms with Crippen LogP contribution in [0.4, 0.5) is 5.69 Å². The van der Waals surface area contributed by atoms with Gasteiger partial charge in [0.2, 0.25) is 0 Å². The van der Waals surface area contributed by atoms with E-state index >= 15 is 0 Å². The van der Waals surface area contributed by atoms with Crippen molar-refractivity contribution < 1.29 is 17.3 Å². The summed E-state index contributed by atoms with van der Waals surface area (Å²) < 4.78 is 59.6. The predicted molar refractivity (Wildman–Crippen MR) is 148 cm³/mol. The van der Waals surface area contributed by atoms with Crippen LogP contribution in [0.5, 0.6) is 0 Å². The molecule has 9 nitrogen and oxygen atoms in total. The molecule has 0 unspecified atom stereocenters. The standard InChI is InChI=1S/C28H30N6O3S/c1-17-26(33(2)32-31-17)20-15-22-25(30-16-20)24-21(29)9-10-23(38(3,35)36)28(24)34(22)27(18-7-5-4-6-8-18)19-11-13-37-14-12-19/h4-10,15-16,19,27H,11-14,29H2,1-3H3/t27-/m1/s1/i1D3. The van der Waals surface area contributed by atoms with Crippen molar-refractivity contribution in [1.82, 2.24) is 24.5 Å². The summed E-state index contributed by atoms with van der Waals surface area (Å²) in [5.41, 5.74) is 10.3. The van der Waals surface area contributed by atoms with Gasteiger partial charge in [-0.1, -0.05) is 35.5 Å². The van der Waals surface area contributed by atoms with Crippen LogP contribution in [0.15, 0.2) is 59.6 Å². The lowest BCUT2D eigenvalue weighted by atomic mass is 9.86. The molecule has 2 aromatic carbocycles. The second kappa shape index (κ2) is 9.21. The van der Waals surface area contributed by atoms with E-state index in [1.165, 1.54) is 10.9 Å². The SMILES string of the molecule is [2H]C([2H])([2H])c1nnn(C)c1-c1cnc2c3c(N)ccc(S(C)(=O)=O)c3n([C@H](c3ccccc3)C3CCOCC3)c2c1. The Bertz CT molecular complexity index is 1880.